The highest BCUT2D eigenvalue weighted by Gasteiger charge is 2.46. The third-order valence-electron chi connectivity index (χ3n) is 13.9. The molecule has 0 atom stereocenters. The van der Waals surface area contributed by atoms with Crippen molar-refractivity contribution < 1.29 is 4.74 Å². The Hall–Kier alpha value is -8.72. The number of rotatable bonds is 7. The van der Waals surface area contributed by atoms with Crippen molar-refractivity contribution in [2.24, 2.45) is 0 Å². The summed E-state index contributed by atoms with van der Waals surface area (Å²) in [5.74, 6) is 1.67. The average molecular weight is 854 g/mol. The van der Waals surface area contributed by atoms with Gasteiger partial charge in [0.2, 0.25) is 0 Å². The van der Waals surface area contributed by atoms with Gasteiger partial charge in [0.25, 0.3) is 0 Å². The molecule has 0 fully saturated rings. The normalized spacial score (nSPS) is 12.7. The van der Waals surface area contributed by atoms with Crippen molar-refractivity contribution in [2.45, 2.75) is 5.41 Å². The molecule has 0 aromatic heterocycles. The first-order valence-corrected chi connectivity index (χ1v) is 23.1. The summed E-state index contributed by atoms with van der Waals surface area (Å²) in [6, 6.07) is 95.0. The molecule has 1 aliphatic carbocycles. The van der Waals surface area contributed by atoms with Crippen molar-refractivity contribution >= 4 is 27.8 Å². The maximum Gasteiger partial charge on any atom is 0.135 e. The smallest absolute Gasteiger partial charge is 0.135 e. The second kappa shape index (κ2) is 15.8. The molecule has 0 amide bonds. The molecule has 11 aromatic rings. The highest BCUT2D eigenvalue weighted by molar-refractivity contribution is 6.03. The summed E-state index contributed by atoms with van der Waals surface area (Å²) < 4.78 is 7.10. The van der Waals surface area contributed by atoms with Gasteiger partial charge in [-0.2, -0.15) is 0 Å². The van der Waals surface area contributed by atoms with E-state index in [9.17, 15) is 0 Å². The fourth-order valence-corrected chi connectivity index (χ4v) is 11.0. The summed E-state index contributed by atoms with van der Waals surface area (Å²) in [6.07, 6.45) is 0. The second-order valence-corrected chi connectivity index (χ2v) is 17.6. The molecule has 0 saturated carbocycles. The van der Waals surface area contributed by atoms with Gasteiger partial charge in [0, 0.05) is 33.8 Å². The number of fused-ring (bicyclic) bond motifs is 9. The first-order valence-electron chi connectivity index (χ1n) is 23.1. The Morgan fingerprint density at radius 3 is 1.52 bits per heavy atom. The number of ether oxygens (including phenoxy) is 1. The Labute approximate surface area is 391 Å². The first kappa shape index (κ1) is 38.7. The van der Waals surface area contributed by atoms with Gasteiger partial charge in [-0.25, -0.2) is 0 Å². The number of nitrogens with zero attached hydrogens (tertiary/aromatic N) is 1. The van der Waals surface area contributed by atoms with Crippen LogP contribution >= 0.6 is 0 Å². The lowest BCUT2D eigenvalue weighted by atomic mass is 9.67. The lowest BCUT2D eigenvalue weighted by Crippen LogP contribution is -2.28. The van der Waals surface area contributed by atoms with Crippen LogP contribution in [0.5, 0.6) is 11.5 Å². The van der Waals surface area contributed by atoms with Gasteiger partial charge in [-0.3, -0.25) is 0 Å². The van der Waals surface area contributed by atoms with Crippen LogP contribution in [0.4, 0.5) is 17.1 Å². The van der Waals surface area contributed by atoms with Crippen LogP contribution in [-0.4, -0.2) is 0 Å². The number of anilines is 3. The van der Waals surface area contributed by atoms with Crippen LogP contribution in [-0.2, 0) is 5.41 Å². The van der Waals surface area contributed by atoms with Crippen molar-refractivity contribution in [2.75, 3.05) is 4.90 Å². The van der Waals surface area contributed by atoms with Gasteiger partial charge < -0.3 is 9.64 Å². The summed E-state index contributed by atoms with van der Waals surface area (Å²) in [6.45, 7) is 0. The SMILES string of the molecule is c1ccc(-c2ccc(N(c3ccc4c(c3)-c3c(-c5ccccc5)cccc3-c3cc5ccccc5cc3O4)c3ccc4c(c3)C(c3ccccc3)(c3ccccc3)c3ccccc3-4)cc2)cc1. The Kier molecular flexibility index (Phi) is 9.11. The molecule has 11 aromatic carbocycles. The highest BCUT2D eigenvalue weighted by Crippen LogP contribution is 2.58. The molecule has 0 unspecified atom stereocenters. The van der Waals surface area contributed by atoms with Gasteiger partial charge in [0.15, 0.2) is 0 Å². The second-order valence-electron chi connectivity index (χ2n) is 17.6. The predicted octanol–water partition coefficient (Wildman–Crippen LogP) is 17.4. The Bertz CT molecular complexity index is 3600. The van der Waals surface area contributed by atoms with E-state index in [0.29, 0.717) is 0 Å². The van der Waals surface area contributed by atoms with Crippen LogP contribution in [0.15, 0.2) is 261 Å². The molecule has 0 radical (unpaired) electrons. The van der Waals surface area contributed by atoms with Crippen molar-refractivity contribution in [1.29, 1.82) is 0 Å². The number of benzene rings is 11. The van der Waals surface area contributed by atoms with E-state index in [4.69, 9.17) is 4.74 Å². The molecule has 0 saturated heterocycles. The maximum atomic E-state index is 7.10. The lowest BCUT2D eigenvalue weighted by Gasteiger charge is -2.35. The van der Waals surface area contributed by atoms with E-state index in [1.165, 1.54) is 49.9 Å². The van der Waals surface area contributed by atoms with Gasteiger partial charge in [-0.1, -0.05) is 206 Å². The third kappa shape index (κ3) is 6.26. The fraction of sp³-hybridized carbons (Fsp3) is 0.0154. The monoisotopic (exact) mass is 853 g/mol. The zero-order chi connectivity index (χ0) is 44.3. The lowest BCUT2D eigenvalue weighted by molar-refractivity contribution is 0.488. The molecular weight excluding hydrogens is 811 g/mol. The van der Waals surface area contributed by atoms with E-state index in [1.807, 2.05) is 0 Å². The molecule has 67 heavy (non-hydrogen) atoms. The summed E-state index contributed by atoms with van der Waals surface area (Å²) in [4.78, 5) is 2.43. The number of hydrogen-bond donors (Lipinski definition) is 0. The van der Waals surface area contributed by atoms with Crippen LogP contribution in [0.25, 0.3) is 66.4 Å². The molecule has 13 rings (SSSR count). The molecule has 1 heterocycles. The summed E-state index contributed by atoms with van der Waals surface area (Å²) in [7, 11) is 0. The van der Waals surface area contributed by atoms with Crippen LogP contribution < -0.4 is 9.64 Å². The summed E-state index contributed by atoms with van der Waals surface area (Å²) >= 11 is 0. The van der Waals surface area contributed by atoms with E-state index < -0.39 is 5.41 Å². The molecule has 314 valence electrons. The summed E-state index contributed by atoms with van der Waals surface area (Å²) in [5, 5.41) is 2.33. The standard InChI is InChI=1S/C65H43NO/c1-5-18-44(19-6-1)45-32-34-51(35-33-45)66(53-36-38-56-55-28-15-16-31-60(55)65(61(56)43-53,49-24-9-3-10-25-49)50-26-11-4-12-27-50)52-37-39-62-59(42-52)64-54(46-20-7-2-8-21-46)29-17-30-57(64)58-40-47-22-13-14-23-48(47)41-63(58)67-62/h1-43H. The fourth-order valence-electron chi connectivity index (χ4n) is 11.0. The van der Waals surface area contributed by atoms with E-state index in [0.717, 1.165) is 67.3 Å². The van der Waals surface area contributed by atoms with Gasteiger partial charge >= 0.3 is 0 Å². The Balaban J connectivity index is 1.07. The molecule has 1 aliphatic heterocycles. The van der Waals surface area contributed by atoms with Crippen molar-refractivity contribution in [1.82, 2.24) is 0 Å². The first-order chi connectivity index (χ1) is 33.2. The maximum absolute atomic E-state index is 7.10. The van der Waals surface area contributed by atoms with Crippen LogP contribution in [0, 0.1) is 0 Å². The van der Waals surface area contributed by atoms with E-state index in [1.54, 1.807) is 0 Å². The molecule has 2 nitrogen and oxygen atoms in total. The van der Waals surface area contributed by atoms with Crippen LogP contribution in [0.3, 0.4) is 0 Å². The van der Waals surface area contributed by atoms with Crippen molar-refractivity contribution in [3.05, 3.63) is 283 Å². The highest BCUT2D eigenvalue weighted by atomic mass is 16.5. The van der Waals surface area contributed by atoms with Gasteiger partial charge in [-0.05, 0) is 127 Å². The number of hydrogen-bond acceptors (Lipinski definition) is 2. The molecule has 0 N–H and O–H groups in total. The van der Waals surface area contributed by atoms with E-state index in [2.05, 4.69) is 266 Å². The largest absolute Gasteiger partial charge is 0.456 e. The van der Waals surface area contributed by atoms with E-state index in [-0.39, 0.29) is 0 Å². The minimum absolute atomic E-state index is 0.548. The zero-order valence-corrected chi connectivity index (χ0v) is 36.7. The minimum Gasteiger partial charge on any atom is -0.456 e. The van der Waals surface area contributed by atoms with Gasteiger partial charge in [-0.15, -0.1) is 0 Å². The van der Waals surface area contributed by atoms with Crippen molar-refractivity contribution in [3.63, 3.8) is 0 Å². The van der Waals surface area contributed by atoms with Crippen LogP contribution in [0.1, 0.15) is 22.3 Å². The Morgan fingerprint density at radius 1 is 0.284 bits per heavy atom. The van der Waals surface area contributed by atoms with Crippen molar-refractivity contribution in [3.8, 4) is 67.1 Å². The van der Waals surface area contributed by atoms with Gasteiger partial charge in [0.1, 0.15) is 11.5 Å². The quantitative estimate of drug-likeness (QED) is 0.158. The van der Waals surface area contributed by atoms with E-state index >= 15 is 0 Å². The average Bonchev–Trinajstić information content (AvgIpc) is 3.62. The summed E-state index contributed by atoms with van der Waals surface area (Å²) in [5.41, 5.74) is 19.2. The molecule has 2 aliphatic rings. The predicted molar refractivity (Wildman–Crippen MR) is 278 cm³/mol. The van der Waals surface area contributed by atoms with Crippen LogP contribution in [0.2, 0.25) is 0 Å². The molecule has 0 bridgehead atoms. The zero-order valence-electron chi connectivity index (χ0n) is 36.7. The molecular formula is C65H43NO. The third-order valence-corrected chi connectivity index (χ3v) is 13.9. The minimum atomic E-state index is -0.548. The topological polar surface area (TPSA) is 12.5 Å². The molecule has 2 heteroatoms. The molecule has 0 spiro atoms. The van der Waals surface area contributed by atoms with Gasteiger partial charge in [0.05, 0.1) is 5.41 Å². The Morgan fingerprint density at radius 2 is 0.806 bits per heavy atom.